The van der Waals surface area contributed by atoms with Crippen molar-refractivity contribution in [3.8, 4) is 0 Å². The summed E-state index contributed by atoms with van der Waals surface area (Å²) < 4.78 is 4.67. The highest BCUT2D eigenvalue weighted by molar-refractivity contribution is 6.35. The molecule has 0 aliphatic rings. The number of Topliss-reactive ketones (excluding diaryl/α,β-unsaturated/α-hetero) is 1. The van der Waals surface area contributed by atoms with E-state index in [1.807, 2.05) is 0 Å². The Hall–Kier alpha value is -1.92. The van der Waals surface area contributed by atoms with Crippen molar-refractivity contribution in [2.24, 2.45) is 0 Å². The van der Waals surface area contributed by atoms with Gasteiger partial charge in [0, 0.05) is 6.92 Å². The number of carbonyl (C=O) groups excluding carboxylic acids is 4. The summed E-state index contributed by atoms with van der Waals surface area (Å²) in [4.78, 5) is 43.8. The predicted octanol–water partition coefficient (Wildman–Crippen LogP) is -1.24. The first-order valence-electron chi connectivity index (χ1n) is 5.13. The topological polar surface area (TPSA) is 102 Å². The lowest BCUT2D eigenvalue weighted by molar-refractivity contribution is -0.146. The molecule has 2 N–H and O–H groups in total. The smallest absolute Gasteiger partial charge is 0.328 e. The van der Waals surface area contributed by atoms with E-state index >= 15 is 0 Å². The summed E-state index contributed by atoms with van der Waals surface area (Å²) in [7, 11) is 0. The number of ketones is 1. The maximum Gasteiger partial charge on any atom is 0.328 e. The molecule has 0 bridgehead atoms. The van der Waals surface area contributed by atoms with Gasteiger partial charge in [-0.2, -0.15) is 0 Å². The van der Waals surface area contributed by atoms with Crippen molar-refractivity contribution in [3.05, 3.63) is 0 Å². The summed E-state index contributed by atoms with van der Waals surface area (Å²) in [5.41, 5.74) is 0. The standard InChI is InChI=1S/C10H16N2O5/c1-4-17-10(16)6(2)12-8(14)5-11-9(15)7(3)13/h6H,4-5H2,1-3H3,(H,11,15)(H,12,14)/t6-/m0/s1. The normalized spacial score (nSPS) is 11.2. The van der Waals surface area contributed by atoms with Crippen molar-refractivity contribution in [3.63, 3.8) is 0 Å². The molecule has 7 heteroatoms. The van der Waals surface area contributed by atoms with Gasteiger partial charge in [0.1, 0.15) is 6.04 Å². The van der Waals surface area contributed by atoms with Gasteiger partial charge in [-0.05, 0) is 13.8 Å². The van der Waals surface area contributed by atoms with Gasteiger partial charge in [-0.1, -0.05) is 0 Å². The third-order valence-electron chi connectivity index (χ3n) is 1.75. The van der Waals surface area contributed by atoms with Crippen LogP contribution < -0.4 is 10.6 Å². The first-order valence-corrected chi connectivity index (χ1v) is 5.13. The minimum Gasteiger partial charge on any atom is -0.464 e. The molecular weight excluding hydrogens is 228 g/mol. The zero-order valence-electron chi connectivity index (χ0n) is 10.0. The van der Waals surface area contributed by atoms with Gasteiger partial charge in [0.15, 0.2) is 0 Å². The fraction of sp³-hybridized carbons (Fsp3) is 0.600. The zero-order chi connectivity index (χ0) is 13.4. The molecule has 0 saturated heterocycles. The number of rotatable bonds is 6. The van der Waals surface area contributed by atoms with Crippen LogP contribution in [0.5, 0.6) is 0 Å². The highest BCUT2D eigenvalue weighted by Crippen LogP contribution is 1.87. The van der Waals surface area contributed by atoms with Crippen LogP contribution in [0.1, 0.15) is 20.8 Å². The summed E-state index contributed by atoms with van der Waals surface area (Å²) in [5, 5.41) is 4.42. The molecule has 0 radical (unpaired) electrons. The average molecular weight is 244 g/mol. The molecule has 0 heterocycles. The van der Waals surface area contributed by atoms with Crippen LogP contribution in [0.15, 0.2) is 0 Å². The van der Waals surface area contributed by atoms with Gasteiger partial charge in [0.25, 0.3) is 5.91 Å². The monoisotopic (exact) mass is 244 g/mol. The van der Waals surface area contributed by atoms with E-state index in [0.717, 1.165) is 6.92 Å². The number of hydrogen-bond donors (Lipinski definition) is 2. The van der Waals surface area contributed by atoms with Gasteiger partial charge in [-0.25, -0.2) is 4.79 Å². The van der Waals surface area contributed by atoms with E-state index < -0.39 is 29.6 Å². The second-order valence-corrected chi connectivity index (χ2v) is 3.28. The maximum absolute atomic E-state index is 11.2. The van der Waals surface area contributed by atoms with Crippen LogP contribution in [0.2, 0.25) is 0 Å². The van der Waals surface area contributed by atoms with Crippen LogP contribution in [0.4, 0.5) is 0 Å². The molecule has 1 atom stereocenters. The minimum absolute atomic E-state index is 0.222. The van der Waals surface area contributed by atoms with Crippen LogP contribution in [0.25, 0.3) is 0 Å². The lowest BCUT2D eigenvalue weighted by Crippen LogP contribution is -2.45. The van der Waals surface area contributed by atoms with Crippen molar-refractivity contribution < 1.29 is 23.9 Å². The number of nitrogens with one attached hydrogen (secondary N) is 2. The van der Waals surface area contributed by atoms with Crippen LogP contribution in [-0.4, -0.2) is 42.8 Å². The molecule has 96 valence electrons. The molecule has 0 aromatic carbocycles. The van der Waals surface area contributed by atoms with E-state index in [9.17, 15) is 19.2 Å². The summed E-state index contributed by atoms with van der Waals surface area (Å²) >= 11 is 0. The Bertz CT molecular complexity index is 327. The Morgan fingerprint density at radius 2 is 1.82 bits per heavy atom. The van der Waals surface area contributed by atoms with Crippen LogP contribution in [0.3, 0.4) is 0 Å². The van der Waals surface area contributed by atoms with Gasteiger partial charge < -0.3 is 15.4 Å². The van der Waals surface area contributed by atoms with Crippen LogP contribution >= 0.6 is 0 Å². The highest BCUT2D eigenvalue weighted by atomic mass is 16.5. The van der Waals surface area contributed by atoms with E-state index in [0.29, 0.717) is 0 Å². The number of ether oxygens (including phenoxy) is 1. The molecule has 0 rings (SSSR count). The van der Waals surface area contributed by atoms with Crippen LogP contribution in [-0.2, 0) is 23.9 Å². The lowest BCUT2D eigenvalue weighted by Gasteiger charge is -2.12. The van der Waals surface area contributed by atoms with Gasteiger partial charge in [-0.3, -0.25) is 14.4 Å². The Kier molecular flexibility index (Phi) is 6.54. The predicted molar refractivity (Wildman–Crippen MR) is 57.9 cm³/mol. The Morgan fingerprint density at radius 3 is 2.29 bits per heavy atom. The highest BCUT2D eigenvalue weighted by Gasteiger charge is 2.17. The minimum atomic E-state index is -0.844. The van der Waals surface area contributed by atoms with Gasteiger partial charge in [0.05, 0.1) is 13.2 Å². The lowest BCUT2D eigenvalue weighted by atomic mass is 10.3. The first kappa shape index (κ1) is 15.1. The second kappa shape index (κ2) is 7.37. The molecule has 0 spiro atoms. The molecule has 0 saturated carbocycles. The largest absolute Gasteiger partial charge is 0.464 e. The van der Waals surface area contributed by atoms with E-state index in [1.165, 1.54) is 6.92 Å². The molecule has 7 nitrogen and oxygen atoms in total. The SMILES string of the molecule is CCOC(=O)[C@H](C)NC(=O)CNC(=O)C(C)=O. The second-order valence-electron chi connectivity index (χ2n) is 3.28. The maximum atomic E-state index is 11.2. The van der Waals surface area contributed by atoms with Gasteiger partial charge in [0.2, 0.25) is 11.7 Å². The number of carbonyl (C=O) groups is 4. The van der Waals surface area contributed by atoms with Gasteiger partial charge in [-0.15, -0.1) is 0 Å². The summed E-state index contributed by atoms with van der Waals surface area (Å²) in [6.07, 6.45) is 0. The molecule has 2 amide bonds. The Balaban J connectivity index is 3.98. The van der Waals surface area contributed by atoms with E-state index in [2.05, 4.69) is 15.4 Å². The molecule has 17 heavy (non-hydrogen) atoms. The number of hydrogen-bond acceptors (Lipinski definition) is 5. The summed E-state index contributed by atoms with van der Waals surface area (Å²) in [6.45, 7) is 4.07. The number of esters is 1. The third-order valence-corrected chi connectivity index (χ3v) is 1.75. The first-order chi connectivity index (χ1) is 7.88. The van der Waals surface area contributed by atoms with Crippen molar-refractivity contribution in [2.75, 3.05) is 13.2 Å². The van der Waals surface area contributed by atoms with Crippen molar-refractivity contribution in [1.29, 1.82) is 0 Å². The molecule has 0 fully saturated rings. The Morgan fingerprint density at radius 1 is 1.24 bits per heavy atom. The molecule has 0 aromatic heterocycles. The number of amides is 2. The van der Waals surface area contributed by atoms with E-state index in [1.54, 1.807) is 6.92 Å². The van der Waals surface area contributed by atoms with Gasteiger partial charge >= 0.3 is 5.97 Å². The average Bonchev–Trinajstić information content (AvgIpc) is 2.25. The zero-order valence-corrected chi connectivity index (χ0v) is 10.0. The van der Waals surface area contributed by atoms with E-state index in [4.69, 9.17) is 0 Å². The molecule has 0 aliphatic heterocycles. The molecule has 0 unspecified atom stereocenters. The molecular formula is C10H16N2O5. The molecule has 0 aromatic rings. The summed E-state index contributed by atoms with van der Waals surface area (Å²) in [5.74, 6) is -2.65. The summed E-state index contributed by atoms with van der Waals surface area (Å²) in [6, 6.07) is -0.795. The van der Waals surface area contributed by atoms with Crippen molar-refractivity contribution in [1.82, 2.24) is 10.6 Å². The Labute approximate surface area is 98.9 Å². The fourth-order valence-corrected chi connectivity index (χ4v) is 0.904. The van der Waals surface area contributed by atoms with E-state index in [-0.39, 0.29) is 13.2 Å². The van der Waals surface area contributed by atoms with Crippen LogP contribution in [0, 0.1) is 0 Å². The van der Waals surface area contributed by atoms with Crippen molar-refractivity contribution >= 4 is 23.6 Å². The molecule has 0 aliphatic carbocycles. The van der Waals surface area contributed by atoms with Crippen molar-refractivity contribution in [2.45, 2.75) is 26.8 Å². The third kappa shape index (κ3) is 6.29. The quantitative estimate of drug-likeness (QED) is 0.449. The fourth-order valence-electron chi connectivity index (χ4n) is 0.904.